The summed E-state index contributed by atoms with van der Waals surface area (Å²) >= 11 is 0. The van der Waals surface area contributed by atoms with Crippen molar-refractivity contribution < 1.29 is 4.42 Å². The molecule has 0 N–H and O–H groups in total. The van der Waals surface area contributed by atoms with E-state index in [9.17, 15) is 0 Å². The van der Waals surface area contributed by atoms with Crippen LogP contribution in [0.5, 0.6) is 0 Å². The lowest BCUT2D eigenvalue weighted by molar-refractivity contribution is 0.670. The van der Waals surface area contributed by atoms with E-state index in [4.69, 9.17) is 4.42 Å². The predicted octanol–water partition coefficient (Wildman–Crippen LogP) is 19.0. The number of benzene rings is 10. The molecule has 0 aliphatic rings. The fourth-order valence-electron chi connectivity index (χ4n) is 10.2. The van der Waals surface area contributed by atoms with Crippen LogP contribution in [0.4, 0.5) is 34.1 Å². The first-order chi connectivity index (χ1) is 32.7. The first-order valence-corrected chi connectivity index (χ1v) is 23.6. The molecule has 3 nitrogen and oxygen atoms in total. The second kappa shape index (κ2) is 17.2. The van der Waals surface area contributed by atoms with Gasteiger partial charge in [-0.15, -0.1) is 0 Å². The maximum absolute atomic E-state index is 6.87. The van der Waals surface area contributed by atoms with Crippen molar-refractivity contribution in [2.24, 2.45) is 0 Å². The zero-order valence-corrected chi connectivity index (χ0v) is 39.1. The molecule has 0 atom stereocenters. The number of para-hydroxylation sites is 4. The number of nitrogens with zero attached hydrogens (tertiary/aromatic N) is 2. The van der Waals surface area contributed by atoms with Crippen molar-refractivity contribution in [1.82, 2.24) is 0 Å². The largest absolute Gasteiger partial charge is 0.456 e. The fourth-order valence-corrected chi connectivity index (χ4v) is 10.2. The molecule has 0 saturated heterocycles. The van der Waals surface area contributed by atoms with E-state index in [0.717, 1.165) is 55.5 Å². The standard InChI is InChI=1S/C64H54N2O/c1-41(2)53-25-17-27-55(45-21-9-7-10-22-45)63(53)65(59-29-15-13-19-43(59)5)51-33-31-47-37-57-58-38-48-32-34-52(36-50(48)40-62(58)67-61(57)39-49(47)35-51)66(60-30-16-14-20-44(60)6)64-54(42(3)4)26-18-28-56(64)46-23-11-8-12-24-46/h7-42H,1-6H3. The SMILES string of the molecule is Cc1ccccc1N(c1ccc2cc3c(cc2c1)oc1cc2cc(N(c4ccccc4C)c4c(-c5ccccc5)cccc4C(C)C)ccc2cc13)c1c(-c2ccccc2)cccc1C(C)C. The van der Waals surface area contributed by atoms with Crippen molar-refractivity contribution >= 4 is 77.6 Å². The summed E-state index contributed by atoms with van der Waals surface area (Å²) in [6, 6.07) is 75.4. The summed E-state index contributed by atoms with van der Waals surface area (Å²) in [4.78, 5) is 4.95. The number of hydrogen-bond donors (Lipinski definition) is 0. The summed E-state index contributed by atoms with van der Waals surface area (Å²) in [6.07, 6.45) is 0. The molecule has 0 amide bonds. The van der Waals surface area contributed by atoms with E-state index < -0.39 is 0 Å². The van der Waals surface area contributed by atoms with Crippen LogP contribution in [0, 0.1) is 13.8 Å². The van der Waals surface area contributed by atoms with Crippen molar-refractivity contribution in [3.63, 3.8) is 0 Å². The number of furan rings is 1. The molecule has 0 radical (unpaired) electrons. The smallest absolute Gasteiger partial charge is 0.136 e. The molecule has 326 valence electrons. The highest BCUT2D eigenvalue weighted by atomic mass is 16.3. The van der Waals surface area contributed by atoms with Gasteiger partial charge in [-0.3, -0.25) is 0 Å². The van der Waals surface area contributed by atoms with Crippen molar-refractivity contribution in [3.8, 4) is 22.3 Å². The second-order valence-corrected chi connectivity index (χ2v) is 18.6. The fraction of sp³-hybridized carbons (Fsp3) is 0.125. The Morgan fingerprint density at radius 2 is 0.761 bits per heavy atom. The minimum Gasteiger partial charge on any atom is -0.456 e. The van der Waals surface area contributed by atoms with Gasteiger partial charge in [-0.2, -0.15) is 0 Å². The lowest BCUT2D eigenvalue weighted by Gasteiger charge is -2.32. The molecular formula is C64H54N2O. The van der Waals surface area contributed by atoms with Crippen molar-refractivity contribution in [2.75, 3.05) is 9.80 Å². The summed E-state index contributed by atoms with van der Waals surface area (Å²) in [6.45, 7) is 13.6. The van der Waals surface area contributed by atoms with Crippen LogP contribution in [-0.2, 0) is 0 Å². The minimum absolute atomic E-state index is 0.306. The van der Waals surface area contributed by atoms with Gasteiger partial charge in [0.15, 0.2) is 0 Å². The molecule has 11 aromatic rings. The minimum atomic E-state index is 0.306. The van der Waals surface area contributed by atoms with Gasteiger partial charge in [0.05, 0.1) is 11.4 Å². The monoisotopic (exact) mass is 866 g/mol. The normalized spacial score (nSPS) is 11.7. The Balaban J connectivity index is 1.07. The highest BCUT2D eigenvalue weighted by Gasteiger charge is 2.26. The highest BCUT2D eigenvalue weighted by Crippen LogP contribution is 2.49. The lowest BCUT2D eigenvalue weighted by atomic mass is 9.92. The van der Waals surface area contributed by atoms with Gasteiger partial charge in [-0.1, -0.05) is 173 Å². The van der Waals surface area contributed by atoms with Crippen LogP contribution < -0.4 is 9.80 Å². The number of fused-ring (bicyclic) bond motifs is 5. The quantitative estimate of drug-likeness (QED) is 0.137. The van der Waals surface area contributed by atoms with Crippen LogP contribution in [0.25, 0.3) is 65.7 Å². The zero-order valence-electron chi connectivity index (χ0n) is 39.1. The van der Waals surface area contributed by atoms with Crippen LogP contribution in [0.15, 0.2) is 211 Å². The Hall–Kier alpha value is -7.88. The third kappa shape index (κ3) is 7.51. The van der Waals surface area contributed by atoms with Gasteiger partial charge in [0.1, 0.15) is 11.2 Å². The van der Waals surface area contributed by atoms with Crippen molar-refractivity contribution in [2.45, 2.75) is 53.4 Å². The summed E-state index contributed by atoms with van der Waals surface area (Å²) in [5, 5.41) is 6.84. The molecule has 67 heavy (non-hydrogen) atoms. The predicted molar refractivity (Wildman–Crippen MR) is 287 cm³/mol. The molecule has 1 aromatic heterocycles. The van der Waals surface area contributed by atoms with Gasteiger partial charge in [0.2, 0.25) is 0 Å². The van der Waals surface area contributed by atoms with Gasteiger partial charge in [-0.25, -0.2) is 0 Å². The van der Waals surface area contributed by atoms with Gasteiger partial charge in [0, 0.05) is 44.6 Å². The molecule has 0 unspecified atom stereocenters. The van der Waals surface area contributed by atoms with Crippen LogP contribution >= 0.6 is 0 Å². The number of rotatable bonds is 10. The molecule has 0 bridgehead atoms. The van der Waals surface area contributed by atoms with Gasteiger partial charge in [0.25, 0.3) is 0 Å². The average molecular weight is 867 g/mol. The first-order valence-electron chi connectivity index (χ1n) is 23.6. The van der Waals surface area contributed by atoms with Gasteiger partial charge >= 0.3 is 0 Å². The molecule has 0 saturated carbocycles. The van der Waals surface area contributed by atoms with E-state index in [2.05, 4.69) is 258 Å². The number of anilines is 6. The lowest BCUT2D eigenvalue weighted by Crippen LogP contribution is -2.15. The third-order valence-corrected chi connectivity index (χ3v) is 13.6. The van der Waals surface area contributed by atoms with Crippen LogP contribution in [0.1, 0.15) is 61.8 Å². The number of hydrogen-bond acceptors (Lipinski definition) is 3. The zero-order chi connectivity index (χ0) is 45.8. The summed E-state index contributed by atoms with van der Waals surface area (Å²) < 4.78 is 6.87. The van der Waals surface area contributed by atoms with E-state index in [1.165, 1.54) is 66.7 Å². The van der Waals surface area contributed by atoms with Crippen LogP contribution in [0.2, 0.25) is 0 Å². The topological polar surface area (TPSA) is 19.6 Å². The maximum atomic E-state index is 6.87. The third-order valence-electron chi connectivity index (χ3n) is 13.6. The van der Waals surface area contributed by atoms with Gasteiger partial charge in [-0.05, 0) is 141 Å². The molecule has 1 heterocycles. The summed E-state index contributed by atoms with van der Waals surface area (Å²) in [5.41, 5.74) is 18.5. The van der Waals surface area contributed by atoms with Crippen molar-refractivity contribution in [3.05, 3.63) is 229 Å². The highest BCUT2D eigenvalue weighted by molar-refractivity contribution is 6.14. The molecule has 3 heteroatoms. The second-order valence-electron chi connectivity index (χ2n) is 18.6. The molecule has 0 spiro atoms. The molecular weight excluding hydrogens is 813 g/mol. The molecule has 11 rings (SSSR count). The van der Waals surface area contributed by atoms with Crippen LogP contribution in [-0.4, -0.2) is 0 Å². The maximum Gasteiger partial charge on any atom is 0.136 e. The Bertz CT molecular complexity index is 3380. The van der Waals surface area contributed by atoms with Gasteiger partial charge < -0.3 is 14.2 Å². The first kappa shape index (κ1) is 41.8. The Morgan fingerprint density at radius 3 is 1.16 bits per heavy atom. The van der Waals surface area contributed by atoms with Crippen LogP contribution in [0.3, 0.4) is 0 Å². The molecule has 0 aliphatic carbocycles. The Morgan fingerprint density at radius 1 is 0.358 bits per heavy atom. The molecule has 0 aliphatic heterocycles. The van der Waals surface area contributed by atoms with E-state index >= 15 is 0 Å². The Kier molecular flexibility index (Phi) is 10.7. The summed E-state index contributed by atoms with van der Waals surface area (Å²) in [5.74, 6) is 0.612. The van der Waals surface area contributed by atoms with Crippen molar-refractivity contribution in [1.29, 1.82) is 0 Å². The van der Waals surface area contributed by atoms with E-state index in [-0.39, 0.29) is 0 Å². The van der Waals surface area contributed by atoms with E-state index in [1.54, 1.807) is 0 Å². The number of aryl methyl sites for hydroxylation is 2. The van der Waals surface area contributed by atoms with E-state index in [0.29, 0.717) is 11.8 Å². The molecule has 0 fully saturated rings. The molecule has 10 aromatic carbocycles. The average Bonchev–Trinajstić information content (AvgIpc) is 3.69. The summed E-state index contributed by atoms with van der Waals surface area (Å²) in [7, 11) is 0. The Labute approximate surface area is 394 Å². The van der Waals surface area contributed by atoms with E-state index in [1.807, 2.05) is 0 Å².